The number of hydrogen-bond acceptors (Lipinski definition) is 1. The van der Waals surface area contributed by atoms with Crippen molar-refractivity contribution in [2.24, 2.45) is 0 Å². The molecule has 0 fully saturated rings. The Morgan fingerprint density at radius 3 is 2.35 bits per heavy atom. The van der Waals surface area contributed by atoms with Crippen LogP contribution in [-0.4, -0.2) is 9.55 Å². The normalized spacial score (nSPS) is 11.2. The number of benzene rings is 2. The van der Waals surface area contributed by atoms with Crippen LogP contribution in [-0.2, 0) is 0 Å². The molecule has 0 spiro atoms. The zero-order valence-corrected chi connectivity index (χ0v) is 12.8. The highest BCUT2D eigenvalue weighted by atomic mass is 35.5. The van der Waals surface area contributed by atoms with Gasteiger partial charge in [0.1, 0.15) is 5.82 Å². The Morgan fingerprint density at radius 1 is 1.05 bits per heavy atom. The summed E-state index contributed by atoms with van der Waals surface area (Å²) in [6.45, 7) is 0. The van der Waals surface area contributed by atoms with E-state index in [1.165, 1.54) is 12.1 Å². The maximum Gasteiger partial charge on any atom is 0.182 e. The molecule has 1 aromatic heterocycles. The molecular formula is C13H6Cl3FN2S. The lowest BCUT2D eigenvalue weighted by Crippen LogP contribution is -1.97. The first-order valence-electron chi connectivity index (χ1n) is 5.52. The van der Waals surface area contributed by atoms with E-state index in [9.17, 15) is 4.39 Å². The number of aromatic amines is 1. The number of aromatic nitrogens is 2. The van der Waals surface area contributed by atoms with Crippen LogP contribution in [0.1, 0.15) is 0 Å². The third kappa shape index (κ3) is 2.23. The van der Waals surface area contributed by atoms with E-state index in [-0.39, 0.29) is 10.0 Å². The quantitative estimate of drug-likeness (QED) is 0.553. The van der Waals surface area contributed by atoms with Crippen LogP contribution in [0.15, 0.2) is 30.3 Å². The summed E-state index contributed by atoms with van der Waals surface area (Å²) >= 11 is 23.4. The average Bonchev–Trinajstić information content (AvgIpc) is 2.64. The van der Waals surface area contributed by atoms with Gasteiger partial charge in [-0.15, -0.1) is 0 Å². The van der Waals surface area contributed by atoms with E-state index >= 15 is 0 Å². The SMILES string of the molecule is Fc1cc(Cl)c(-n2c(=S)[nH]c3cc(Cl)ccc32)c(Cl)c1. The van der Waals surface area contributed by atoms with Crippen molar-refractivity contribution in [1.29, 1.82) is 0 Å². The predicted molar refractivity (Wildman–Crippen MR) is 83.4 cm³/mol. The van der Waals surface area contributed by atoms with E-state index in [2.05, 4.69) is 4.98 Å². The maximum atomic E-state index is 13.3. The molecule has 102 valence electrons. The van der Waals surface area contributed by atoms with E-state index < -0.39 is 5.82 Å². The maximum absolute atomic E-state index is 13.3. The minimum atomic E-state index is -0.502. The van der Waals surface area contributed by atoms with Crippen LogP contribution in [0.4, 0.5) is 4.39 Å². The Balaban J connectivity index is 2.41. The summed E-state index contributed by atoms with van der Waals surface area (Å²) in [5.41, 5.74) is 1.95. The molecule has 0 saturated carbocycles. The summed E-state index contributed by atoms with van der Waals surface area (Å²) in [5, 5.41) is 0.945. The number of imidazole rings is 1. The van der Waals surface area contributed by atoms with Crippen molar-refractivity contribution in [3.8, 4) is 5.69 Å². The van der Waals surface area contributed by atoms with Gasteiger partial charge in [0.05, 0.1) is 26.8 Å². The molecule has 0 aliphatic rings. The van der Waals surface area contributed by atoms with Gasteiger partial charge in [-0.3, -0.25) is 4.57 Å². The Labute approximate surface area is 133 Å². The van der Waals surface area contributed by atoms with Crippen molar-refractivity contribution < 1.29 is 4.39 Å². The van der Waals surface area contributed by atoms with Gasteiger partial charge in [0, 0.05) is 5.02 Å². The third-order valence-electron chi connectivity index (χ3n) is 2.85. The van der Waals surface area contributed by atoms with Crippen LogP contribution < -0.4 is 0 Å². The zero-order chi connectivity index (χ0) is 14.4. The average molecular weight is 348 g/mol. The predicted octanol–water partition coefficient (Wildman–Crippen LogP) is 5.79. The number of nitrogens with one attached hydrogen (secondary N) is 1. The van der Waals surface area contributed by atoms with Crippen LogP contribution in [0, 0.1) is 10.6 Å². The standard InChI is InChI=1S/C13H6Cl3FN2S/c14-6-1-2-11-10(3-6)18-13(20)19(11)12-8(15)4-7(17)5-9(12)16/h1-5H,(H,18,20). The topological polar surface area (TPSA) is 20.7 Å². The molecule has 0 amide bonds. The monoisotopic (exact) mass is 346 g/mol. The fourth-order valence-corrected chi connectivity index (χ4v) is 3.16. The molecule has 3 rings (SSSR count). The minimum Gasteiger partial charge on any atom is -0.330 e. The second-order valence-corrected chi connectivity index (χ2v) is 5.78. The van der Waals surface area contributed by atoms with E-state index in [1.807, 2.05) is 0 Å². The number of fused-ring (bicyclic) bond motifs is 1. The molecule has 0 bridgehead atoms. The number of H-pyrrole nitrogens is 1. The highest BCUT2D eigenvalue weighted by Gasteiger charge is 2.15. The molecule has 0 aliphatic heterocycles. The zero-order valence-electron chi connectivity index (χ0n) is 9.75. The molecule has 0 unspecified atom stereocenters. The van der Waals surface area contributed by atoms with Crippen LogP contribution >= 0.6 is 47.0 Å². The number of hydrogen-bond donors (Lipinski definition) is 1. The van der Waals surface area contributed by atoms with Crippen molar-refractivity contribution in [2.75, 3.05) is 0 Å². The van der Waals surface area contributed by atoms with E-state index in [1.54, 1.807) is 22.8 Å². The van der Waals surface area contributed by atoms with Gasteiger partial charge in [-0.05, 0) is 42.5 Å². The fourth-order valence-electron chi connectivity index (χ4n) is 2.05. The molecule has 1 heterocycles. The first-order valence-corrected chi connectivity index (χ1v) is 7.07. The largest absolute Gasteiger partial charge is 0.330 e. The van der Waals surface area contributed by atoms with Crippen LogP contribution in [0.3, 0.4) is 0 Å². The smallest absolute Gasteiger partial charge is 0.182 e. The molecule has 3 aromatic rings. The number of rotatable bonds is 1. The molecule has 0 atom stereocenters. The molecular weight excluding hydrogens is 342 g/mol. The van der Waals surface area contributed by atoms with Gasteiger partial charge in [0.2, 0.25) is 0 Å². The van der Waals surface area contributed by atoms with Crippen molar-refractivity contribution >= 4 is 58.1 Å². The van der Waals surface area contributed by atoms with Crippen LogP contribution in [0.2, 0.25) is 15.1 Å². The van der Waals surface area contributed by atoms with Crippen LogP contribution in [0.25, 0.3) is 16.7 Å². The Hall–Kier alpha value is -1.07. The highest BCUT2D eigenvalue weighted by Crippen LogP contribution is 2.33. The van der Waals surface area contributed by atoms with Gasteiger partial charge in [0.25, 0.3) is 0 Å². The molecule has 7 heteroatoms. The summed E-state index contributed by atoms with van der Waals surface area (Å²) in [6, 6.07) is 7.65. The van der Waals surface area contributed by atoms with Crippen molar-refractivity contribution in [3.05, 3.63) is 56.0 Å². The summed E-state index contributed by atoms with van der Waals surface area (Å²) < 4.78 is 15.3. The van der Waals surface area contributed by atoms with Gasteiger partial charge in [-0.1, -0.05) is 34.8 Å². The summed E-state index contributed by atoms with van der Waals surface area (Å²) in [4.78, 5) is 3.02. The Morgan fingerprint density at radius 2 is 1.70 bits per heavy atom. The lowest BCUT2D eigenvalue weighted by molar-refractivity contribution is 0.627. The van der Waals surface area contributed by atoms with Crippen molar-refractivity contribution in [3.63, 3.8) is 0 Å². The van der Waals surface area contributed by atoms with E-state index in [0.29, 0.717) is 15.5 Å². The Kier molecular flexibility index (Phi) is 3.50. The Bertz CT molecular complexity index is 862. The summed E-state index contributed by atoms with van der Waals surface area (Å²) in [6.07, 6.45) is 0. The molecule has 1 N–H and O–H groups in total. The summed E-state index contributed by atoms with van der Waals surface area (Å²) in [5.74, 6) is -0.502. The molecule has 2 aromatic carbocycles. The van der Waals surface area contributed by atoms with Gasteiger partial charge < -0.3 is 4.98 Å². The van der Waals surface area contributed by atoms with E-state index in [4.69, 9.17) is 47.0 Å². The van der Waals surface area contributed by atoms with Crippen molar-refractivity contribution in [1.82, 2.24) is 9.55 Å². The second kappa shape index (κ2) is 5.04. The third-order valence-corrected chi connectivity index (χ3v) is 3.95. The first-order chi connectivity index (χ1) is 9.47. The summed E-state index contributed by atoms with van der Waals surface area (Å²) in [7, 11) is 0. The molecule has 2 nitrogen and oxygen atoms in total. The minimum absolute atomic E-state index is 0.182. The molecule has 20 heavy (non-hydrogen) atoms. The number of nitrogens with zero attached hydrogens (tertiary/aromatic N) is 1. The van der Waals surface area contributed by atoms with Gasteiger partial charge in [0.15, 0.2) is 4.77 Å². The van der Waals surface area contributed by atoms with E-state index in [0.717, 1.165) is 11.0 Å². The fraction of sp³-hybridized carbons (Fsp3) is 0. The lowest BCUT2D eigenvalue weighted by Gasteiger charge is -2.09. The molecule has 0 radical (unpaired) electrons. The second-order valence-electron chi connectivity index (χ2n) is 4.15. The van der Waals surface area contributed by atoms with Gasteiger partial charge >= 0.3 is 0 Å². The van der Waals surface area contributed by atoms with Crippen LogP contribution in [0.5, 0.6) is 0 Å². The molecule has 0 saturated heterocycles. The first kappa shape index (κ1) is 13.9. The highest BCUT2D eigenvalue weighted by molar-refractivity contribution is 7.71. The van der Waals surface area contributed by atoms with Gasteiger partial charge in [-0.2, -0.15) is 0 Å². The lowest BCUT2D eigenvalue weighted by atomic mass is 10.2. The molecule has 0 aliphatic carbocycles. The van der Waals surface area contributed by atoms with Gasteiger partial charge in [-0.25, -0.2) is 4.39 Å². The van der Waals surface area contributed by atoms with Crippen molar-refractivity contribution in [2.45, 2.75) is 0 Å². The number of halogens is 4.